The van der Waals surface area contributed by atoms with Crippen LogP contribution in [0.1, 0.15) is 43.7 Å². The zero-order valence-corrected chi connectivity index (χ0v) is 17.8. The standard InChI is InChI=1S/C25H27NO5/c1-25(2)26(17(15-31-25)9-3-8-14-23(27)28)24(29)30-16-22-20-12-6-4-10-18(20)19-11-5-7-13-21(19)22/h3-7,9-13,17,22H,8,14-16H2,1-2H3,(H,27,28)/b9-3-. The first-order valence-electron chi connectivity index (χ1n) is 10.5. The number of carbonyl (C=O) groups is 2. The predicted molar refractivity (Wildman–Crippen MR) is 117 cm³/mol. The molecular weight excluding hydrogens is 394 g/mol. The van der Waals surface area contributed by atoms with Crippen LogP contribution in [0, 0.1) is 0 Å². The topological polar surface area (TPSA) is 76.1 Å². The monoisotopic (exact) mass is 421 g/mol. The van der Waals surface area contributed by atoms with Crippen LogP contribution in [0.2, 0.25) is 0 Å². The molecule has 1 saturated heterocycles. The van der Waals surface area contributed by atoms with Gasteiger partial charge in [-0.25, -0.2) is 4.79 Å². The first-order valence-corrected chi connectivity index (χ1v) is 10.5. The van der Waals surface area contributed by atoms with Gasteiger partial charge in [-0.3, -0.25) is 9.69 Å². The molecule has 0 bridgehead atoms. The van der Waals surface area contributed by atoms with Gasteiger partial charge in [0.2, 0.25) is 0 Å². The SMILES string of the molecule is CC1(C)OCC(/C=C\CCC(=O)O)N1C(=O)OCC1c2ccccc2-c2ccccc21. The van der Waals surface area contributed by atoms with Crippen LogP contribution >= 0.6 is 0 Å². The highest BCUT2D eigenvalue weighted by Crippen LogP contribution is 2.44. The molecule has 1 N–H and O–H groups in total. The number of allylic oxidation sites excluding steroid dienone is 1. The van der Waals surface area contributed by atoms with E-state index in [1.807, 2.05) is 44.2 Å². The molecule has 2 aromatic rings. The van der Waals surface area contributed by atoms with Crippen LogP contribution in [0.15, 0.2) is 60.7 Å². The van der Waals surface area contributed by atoms with E-state index in [9.17, 15) is 9.59 Å². The Morgan fingerprint density at radius 1 is 1.13 bits per heavy atom. The number of rotatable bonds is 6. The van der Waals surface area contributed by atoms with Crippen molar-refractivity contribution in [2.24, 2.45) is 0 Å². The van der Waals surface area contributed by atoms with E-state index in [0.717, 1.165) is 0 Å². The molecule has 162 valence electrons. The van der Waals surface area contributed by atoms with Gasteiger partial charge in [-0.2, -0.15) is 0 Å². The smallest absolute Gasteiger partial charge is 0.412 e. The summed E-state index contributed by atoms with van der Waals surface area (Å²) in [7, 11) is 0. The number of carboxylic acids is 1. The Labute approximate surface area is 182 Å². The van der Waals surface area contributed by atoms with E-state index < -0.39 is 17.8 Å². The lowest BCUT2D eigenvalue weighted by molar-refractivity contribution is -0.136. The summed E-state index contributed by atoms with van der Waals surface area (Å²) in [5.74, 6) is -0.853. The number of fused-ring (bicyclic) bond motifs is 3. The number of nitrogens with zero attached hydrogens (tertiary/aromatic N) is 1. The van der Waals surface area contributed by atoms with Crippen molar-refractivity contribution in [2.45, 2.75) is 44.4 Å². The van der Waals surface area contributed by atoms with Crippen molar-refractivity contribution in [3.63, 3.8) is 0 Å². The summed E-state index contributed by atoms with van der Waals surface area (Å²) in [6.07, 6.45) is 3.65. The second-order valence-corrected chi connectivity index (χ2v) is 8.36. The van der Waals surface area contributed by atoms with Crippen molar-refractivity contribution in [2.75, 3.05) is 13.2 Å². The fraction of sp³-hybridized carbons (Fsp3) is 0.360. The van der Waals surface area contributed by atoms with Gasteiger partial charge < -0.3 is 14.6 Å². The Hall–Kier alpha value is -3.12. The van der Waals surface area contributed by atoms with Crippen molar-refractivity contribution >= 4 is 12.1 Å². The van der Waals surface area contributed by atoms with E-state index in [-0.39, 0.29) is 25.0 Å². The fourth-order valence-corrected chi connectivity index (χ4v) is 4.45. The zero-order valence-electron chi connectivity index (χ0n) is 17.8. The van der Waals surface area contributed by atoms with Crippen molar-refractivity contribution < 1.29 is 24.2 Å². The van der Waals surface area contributed by atoms with Crippen LogP contribution in [-0.2, 0) is 14.3 Å². The van der Waals surface area contributed by atoms with E-state index in [2.05, 4.69) is 24.3 Å². The molecule has 1 amide bonds. The molecule has 0 saturated carbocycles. The fourth-order valence-electron chi connectivity index (χ4n) is 4.45. The van der Waals surface area contributed by atoms with Crippen LogP contribution in [0.5, 0.6) is 0 Å². The number of hydrogen-bond donors (Lipinski definition) is 1. The molecule has 1 atom stereocenters. The van der Waals surface area contributed by atoms with Gasteiger partial charge in [-0.1, -0.05) is 60.7 Å². The molecule has 31 heavy (non-hydrogen) atoms. The lowest BCUT2D eigenvalue weighted by atomic mass is 9.98. The van der Waals surface area contributed by atoms with Gasteiger partial charge in [0.25, 0.3) is 0 Å². The maximum atomic E-state index is 13.1. The third-order valence-electron chi connectivity index (χ3n) is 5.93. The van der Waals surface area contributed by atoms with E-state index in [4.69, 9.17) is 14.6 Å². The summed E-state index contributed by atoms with van der Waals surface area (Å²) in [4.78, 5) is 25.4. The number of amides is 1. The third-order valence-corrected chi connectivity index (χ3v) is 5.93. The van der Waals surface area contributed by atoms with Gasteiger partial charge in [-0.05, 0) is 42.5 Å². The molecule has 1 aliphatic heterocycles. The molecule has 1 fully saturated rings. The summed E-state index contributed by atoms with van der Waals surface area (Å²) in [6, 6.07) is 16.2. The Morgan fingerprint density at radius 3 is 2.35 bits per heavy atom. The molecule has 2 aliphatic rings. The summed E-state index contributed by atoms with van der Waals surface area (Å²) in [5, 5.41) is 8.80. The predicted octanol–water partition coefficient (Wildman–Crippen LogP) is 4.79. The molecular formula is C25H27NO5. The molecule has 6 nitrogen and oxygen atoms in total. The zero-order chi connectivity index (χ0) is 22.0. The normalized spacial score (nSPS) is 19.4. The highest BCUT2D eigenvalue weighted by molar-refractivity contribution is 5.79. The van der Waals surface area contributed by atoms with Gasteiger partial charge in [0.05, 0.1) is 12.6 Å². The number of hydrogen-bond acceptors (Lipinski definition) is 4. The maximum absolute atomic E-state index is 13.1. The highest BCUT2D eigenvalue weighted by Gasteiger charge is 2.44. The maximum Gasteiger partial charge on any atom is 0.412 e. The van der Waals surface area contributed by atoms with Crippen LogP contribution in [-0.4, -0.2) is 47.0 Å². The number of benzene rings is 2. The Kier molecular flexibility index (Phi) is 5.83. The first-order chi connectivity index (χ1) is 14.9. The second kappa shape index (κ2) is 8.55. The third kappa shape index (κ3) is 4.21. The van der Waals surface area contributed by atoms with Crippen LogP contribution in [0.25, 0.3) is 11.1 Å². The lowest BCUT2D eigenvalue weighted by Crippen LogP contribution is -2.47. The van der Waals surface area contributed by atoms with Crippen molar-refractivity contribution in [1.29, 1.82) is 0 Å². The number of carbonyl (C=O) groups excluding carboxylic acids is 1. The van der Waals surface area contributed by atoms with Gasteiger partial charge >= 0.3 is 12.1 Å². The summed E-state index contributed by atoms with van der Waals surface area (Å²) in [6.45, 7) is 4.26. The minimum absolute atomic E-state index is 0.00691. The molecule has 1 unspecified atom stereocenters. The molecule has 6 heteroatoms. The second-order valence-electron chi connectivity index (χ2n) is 8.36. The molecule has 1 aliphatic carbocycles. The van der Waals surface area contributed by atoms with Crippen molar-refractivity contribution in [3.05, 3.63) is 71.8 Å². The first kappa shape index (κ1) is 21.1. The quantitative estimate of drug-likeness (QED) is 0.679. The van der Waals surface area contributed by atoms with Gasteiger partial charge in [0, 0.05) is 12.3 Å². The van der Waals surface area contributed by atoms with Crippen LogP contribution in [0.3, 0.4) is 0 Å². The van der Waals surface area contributed by atoms with Gasteiger partial charge in [-0.15, -0.1) is 0 Å². The average molecular weight is 421 g/mol. The minimum Gasteiger partial charge on any atom is -0.481 e. The van der Waals surface area contributed by atoms with Gasteiger partial charge in [0.15, 0.2) is 0 Å². The largest absolute Gasteiger partial charge is 0.481 e. The average Bonchev–Trinajstić information content (AvgIpc) is 3.23. The highest BCUT2D eigenvalue weighted by atomic mass is 16.6. The van der Waals surface area contributed by atoms with E-state index in [1.54, 1.807) is 11.0 Å². The van der Waals surface area contributed by atoms with Crippen molar-refractivity contribution in [1.82, 2.24) is 4.90 Å². The van der Waals surface area contributed by atoms with E-state index in [0.29, 0.717) is 13.0 Å². The van der Waals surface area contributed by atoms with Crippen molar-refractivity contribution in [3.8, 4) is 11.1 Å². The Bertz CT molecular complexity index is 967. The molecule has 0 spiro atoms. The number of ether oxygens (including phenoxy) is 2. The lowest BCUT2D eigenvalue weighted by Gasteiger charge is -2.32. The Balaban J connectivity index is 1.48. The molecule has 1 heterocycles. The molecule has 4 rings (SSSR count). The van der Waals surface area contributed by atoms with Crippen LogP contribution < -0.4 is 0 Å². The van der Waals surface area contributed by atoms with E-state index in [1.165, 1.54) is 22.3 Å². The number of aliphatic carboxylic acids is 1. The molecule has 2 aromatic carbocycles. The van der Waals surface area contributed by atoms with Gasteiger partial charge in [0.1, 0.15) is 12.3 Å². The number of carboxylic acid groups (broad SMARTS) is 1. The summed E-state index contributed by atoms with van der Waals surface area (Å²) < 4.78 is 11.6. The molecule has 0 aromatic heterocycles. The summed E-state index contributed by atoms with van der Waals surface area (Å²) >= 11 is 0. The minimum atomic E-state index is -0.846. The Morgan fingerprint density at radius 2 is 1.74 bits per heavy atom. The van der Waals surface area contributed by atoms with E-state index >= 15 is 0 Å². The summed E-state index contributed by atoms with van der Waals surface area (Å²) in [5.41, 5.74) is 3.90. The van der Waals surface area contributed by atoms with Crippen LogP contribution in [0.4, 0.5) is 4.79 Å². The molecule has 0 radical (unpaired) electrons.